The second kappa shape index (κ2) is 9.52. The van der Waals surface area contributed by atoms with Gasteiger partial charge in [0.05, 0.1) is 16.2 Å². The van der Waals surface area contributed by atoms with Crippen LogP contribution in [0.4, 0.5) is 5.69 Å². The fourth-order valence-electron chi connectivity index (χ4n) is 3.39. The van der Waals surface area contributed by atoms with Gasteiger partial charge in [0.15, 0.2) is 9.84 Å². The second-order valence-corrected chi connectivity index (χ2v) is 9.69. The molecule has 1 aliphatic rings. The number of carbonyl (C=O) groups is 1. The number of sulfone groups is 1. The molecule has 3 rings (SSSR count). The van der Waals surface area contributed by atoms with Crippen molar-refractivity contribution in [1.82, 2.24) is 9.80 Å². The van der Waals surface area contributed by atoms with Crippen LogP contribution in [0, 0.1) is 0 Å². The van der Waals surface area contributed by atoms with Crippen LogP contribution in [0.25, 0.3) is 0 Å². The highest BCUT2D eigenvalue weighted by Crippen LogP contribution is 2.19. The zero-order valence-corrected chi connectivity index (χ0v) is 17.9. The molecule has 7 heteroatoms. The molecule has 6 nitrogen and oxygen atoms in total. The number of amides is 1. The van der Waals surface area contributed by atoms with E-state index in [1.54, 1.807) is 25.1 Å². The Kier molecular flexibility index (Phi) is 7.05. The normalized spacial score (nSPS) is 15.9. The SMILES string of the molecule is CCS(=O)(=O)c1ccccc1C(=O)Nc1ccc(CCN2CCN(C)CC2)cc1. The van der Waals surface area contributed by atoms with Gasteiger partial charge in [-0.25, -0.2) is 8.42 Å². The molecule has 0 radical (unpaired) electrons. The third kappa shape index (κ3) is 5.65. The molecule has 1 N–H and O–H groups in total. The van der Waals surface area contributed by atoms with Gasteiger partial charge in [0.1, 0.15) is 0 Å². The van der Waals surface area contributed by atoms with Crippen molar-refractivity contribution in [3.05, 3.63) is 59.7 Å². The average molecular weight is 416 g/mol. The maximum absolute atomic E-state index is 12.7. The molecule has 1 aliphatic heterocycles. The number of hydrogen-bond donors (Lipinski definition) is 1. The van der Waals surface area contributed by atoms with Crippen molar-refractivity contribution in [2.75, 3.05) is 50.8 Å². The third-order valence-corrected chi connectivity index (χ3v) is 7.16. The van der Waals surface area contributed by atoms with Gasteiger partial charge >= 0.3 is 0 Å². The average Bonchev–Trinajstić information content (AvgIpc) is 2.74. The fourth-order valence-corrected chi connectivity index (χ4v) is 4.49. The number of rotatable bonds is 7. The van der Waals surface area contributed by atoms with E-state index < -0.39 is 15.7 Å². The van der Waals surface area contributed by atoms with Gasteiger partial charge in [-0.1, -0.05) is 31.2 Å². The van der Waals surface area contributed by atoms with E-state index >= 15 is 0 Å². The van der Waals surface area contributed by atoms with Crippen LogP contribution in [0.3, 0.4) is 0 Å². The topological polar surface area (TPSA) is 69.7 Å². The molecule has 0 aromatic heterocycles. The second-order valence-electron chi connectivity index (χ2n) is 7.45. The number of likely N-dealkylation sites (N-methyl/N-ethyl adjacent to an activating group) is 1. The molecule has 1 saturated heterocycles. The Hall–Kier alpha value is -2.22. The monoisotopic (exact) mass is 415 g/mol. The predicted molar refractivity (Wildman–Crippen MR) is 116 cm³/mol. The zero-order valence-electron chi connectivity index (χ0n) is 17.1. The molecule has 2 aromatic carbocycles. The minimum absolute atomic E-state index is 0.0424. The van der Waals surface area contributed by atoms with Crippen LogP contribution in [0.15, 0.2) is 53.4 Å². The Bertz CT molecular complexity index is 934. The summed E-state index contributed by atoms with van der Waals surface area (Å²) in [7, 11) is -1.31. The Labute approximate surface area is 173 Å². The van der Waals surface area contributed by atoms with E-state index in [2.05, 4.69) is 22.2 Å². The molecule has 156 valence electrons. The molecular formula is C22H29N3O3S. The van der Waals surface area contributed by atoms with Crippen molar-refractivity contribution in [2.45, 2.75) is 18.2 Å². The van der Waals surface area contributed by atoms with Gasteiger partial charge in [-0.3, -0.25) is 4.79 Å². The lowest BCUT2D eigenvalue weighted by Crippen LogP contribution is -2.45. The molecular weight excluding hydrogens is 386 g/mol. The minimum atomic E-state index is -3.46. The van der Waals surface area contributed by atoms with Crippen LogP contribution in [0.5, 0.6) is 0 Å². The summed E-state index contributed by atoms with van der Waals surface area (Å²) in [5.74, 6) is -0.456. The van der Waals surface area contributed by atoms with Gasteiger partial charge in [-0.2, -0.15) is 0 Å². The fraction of sp³-hybridized carbons (Fsp3) is 0.409. The number of benzene rings is 2. The van der Waals surface area contributed by atoms with Gasteiger partial charge in [0.2, 0.25) is 0 Å². The van der Waals surface area contributed by atoms with E-state index in [0.29, 0.717) is 5.69 Å². The summed E-state index contributed by atoms with van der Waals surface area (Å²) in [5, 5.41) is 2.81. The lowest BCUT2D eigenvalue weighted by Gasteiger charge is -2.32. The molecule has 1 amide bonds. The first kappa shape index (κ1) is 21.5. The summed E-state index contributed by atoms with van der Waals surface area (Å²) in [6.07, 6.45) is 0.968. The summed E-state index contributed by atoms with van der Waals surface area (Å²) in [5.41, 5.74) is 2.05. The zero-order chi connectivity index (χ0) is 20.9. The summed E-state index contributed by atoms with van der Waals surface area (Å²) < 4.78 is 24.5. The Morgan fingerprint density at radius 1 is 1.00 bits per heavy atom. The molecule has 0 unspecified atom stereocenters. The van der Waals surface area contributed by atoms with Crippen molar-refractivity contribution in [2.24, 2.45) is 0 Å². The summed E-state index contributed by atoms with van der Waals surface area (Å²) in [6.45, 7) is 7.03. The van der Waals surface area contributed by atoms with Gasteiger partial charge in [-0.15, -0.1) is 0 Å². The van der Waals surface area contributed by atoms with E-state index in [1.165, 1.54) is 11.6 Å². The number of carbonyl (C=O) groups excluding carboxylic acids is 1. The van der Waals surface area contributed by atoms with Crippen LogP contribution >= 0.6 is 0 Å². The van der Waals surface area contributed by atoms with Crippen molar-refractivity contribution in [1.29, 1.82) is 0 Å². The first-order valence-electron chi connectivity index (χ1n) is 10.0. The Morgan fingerprint density at radius 3 is 2.31 bits per heavy atom. The van der Waals surface area contributed by atoms with Gasteiger partial charge < -0.3 is 15.1 Å². The third-order valence-electron chi connectivity index (χ3n) is 5.37. The maximum atomic E-state index is 12.7. The number of anilines is 1. The summed E-state index contributed by atoms with van der Waals surface area (Å²) in [4.78, 5) is 17.5. The standard InChI is InChI=1S/C22H29N3O3S/c1-3-29(27,28)21-7-5-4-6-20(21)22(26)23-19-10-8-18(9-11-19)12-13-25-16-14-24(2)15-17-25/h4-11H,3,12-17H2,1-2H3,(H,23,26). The van der Waals surface area contributed by atoms with E-state index in [4.69, 9.17) is 0 Å². The van der Waals surface area contributed by atoms with E-state index in [1.807, 2.05) is 24.3 Å². The maximum Gasteiger partial charge on any atom is 0.256 e. The van der Waals surface area contributed by atoms with Crippen LogP contribution in [0.2, 0.25) is 0 Å². The predicted octanol–water partition coefficient (Wildman–Crippen LogP) is 2.52. The van der Waals surface area contributed by atoms with Crippen LogP contribution in [-0.2, 0) is 16.3 Å². The van der Waals surface area contributed by atoms with Crippen LogP contribution in [0.1, 0.15) is 22.8 Å². The lowest BCUT2D eigenvalue weighted by molar-refractivity contribution is 0.102. The number of piperazine rings is 1. The first-order chi connectivity index (χ1) is 13.9. The quantitative estimate of drug-likeness (QED) is 0.753. The van der Waals surface area contributed by atoms with Crippen LogP contribution in [-0.4, -0.2) is 69.6 Å². The largest absolute Gasteiger partial charge is 0.322 e. The van der Waals surface area contributed by atoms with Gasteiger partial charge in [0.25, 0.3) is 5.91 Å². The Balaban J connectivity index is 1.61. The number of hydrogen-bond acceptors (Lipinski definition) is 5. The summed E-state index contributed by atoms with van der Waals surface area (Å²) in [6, 6.07) is 14.1. The molecule has 1 fully saturated rings. The van der Waals surface area contributed by atoms with Crippen LogP contribution < -0.4 is 5.32 Å². The highest BCUT2D eigenvalue weighted by molar-refractivity contribution is 7.91. The van der Waals surface area contributed by atoms with Crippen molar-refractivity contribution in [3.8, 4) is 0 Å². The number of nitrogens with zero attached hydrogens (tertiary/aromatic N) is 2. The number of nitrogens with one attached hydrogen (secondary N) is 1. The molecule has 1 heterocycles. The lowest BCUT2D eigenvalue weighted by atomic mass is 10.1. The molecule has 0 aliphatic carbocycles. The van der Waals surface area contributed by atoms with Crippen molar-refractivity contribution in [3.63, 3.8) is 0 Å². The molecule has 0 atom stereocenters. The molecule has 0 saturated carbocycles. The first-order valence-corrected chi connectivity index (χ1v) is 11.7. The van der Waals surface area contributed by atoms with E-state index in [9.17, 15) is 13.2 Å². The molecule has 2 aromatic rings. The smallest absolute Gasteiger partial charge is 0.256 e. The molecule has 0 spiro atoms. The van der Waals surface area contributed by atoms with E-state index in [-0.39, 0.29) is 16.2 Å². The van der Waals surface area contributed by atoms with Crippen molar-refractivity contribution < 1.29 is 13.2 Å². The molecule has 0 bridgehead atoms. The highest BCUT2D eigenvalue weighted by atomic mass is 32.2. The highest BCUT2D eigenvalue weighted by Gasteiger charge is 2.20. The van der Waals surface area contributed by atoms with Gasteiger partial charge in [0, 0.05) is 38.4 Å². The summed E-state index contributed by atoms with van der Waals surface area (Å²) >= 11 is 0. The van der Waals surface area contributed by atoms with E-state index in [0.717, 1.165) is 39.1 Å². The Morgan fingerprint density at radius 2 is 1.66 bits per heavy atom. The molecule has 29 heavy (non-hydrogen) atoms. The van der Waals surface area contributed by atoms with Crippen molar-refractivity contribution >= 4 is 21.4 Å². The minimum Gasteiger partial charge on any atom is -0.322 e. The van der Waals surface area contributed by atoms with Gasteiger partial charge in [-0.05, 0) is 43.3 Å².